The lowest BCUT2D eigenvalue weighted by Gasteiger charge is -2.13. The van der Waals surface area contributed by atoms with E-state index in [4.69, 9.17) is 9.72 Å². The number of thioether (sulfide) groups is 1. The summed E-state index contributed by atoms with van der Waals surface area (Å²) in [5, 5.41) is 3.93. The monoisotopic (exact) mass is 474 g/mol. The van der Waals surface area contributed by atoms with Gasteiger partial charge in [0, 0.05) is 16.6 Å². The van der Waals surface area contributed by atoms with Crippen molar-refractivity contribution in [3.05, 3.63) is 89.0 Å². The van der Waals surface area contributed by atoms with Gasteiger partial charge in [0.1, 0.15) is 22.6 Å². The Kier molecular flexibility index (Phi) is 5.77. The lowest BCUT2D eigenvalue weighted by Crippen LogP contribution is -2.23. The molecule has 0 bridgehead atoms. The van der Waals surface area contributed by atoms with E-state index >= 15 is 0 Å². The number of nitrogens with one attached hydrogen (secondary N) is 2. The number of aromatic amines is 1. The molecule has 5 rings (SSSR count). The van der Waals surface area contributed by atoms with E-state index in [2.05, 4.69) is 10.3 Å². The fraction of sp³-hybridized carbons (Fsp3) is 0.0800. The van der Waals surface area contributed by atoms with E-state index in [9.17, 15) is 14.0 Å². The molecule has 0 spiro atoms. The molecule has 0 aliphatic heterocycles. The molecule has 9 heteroatoms. The zero-order valence-corrected chi connectivity index (χ0v) is 18.9. The van der Waals surface area contributed by atoms with Crippen LogP contribution < -0.4 is 15.6 Å². The predicted molar refractivity (Wildman–Crippen MR) is 132 cm³/mol. The highest BCUT2D eigenvalue weighted by Gasteiger charge is 2.18. The maximum absolute atomic E-state index is 13.6. The number of halogens is 1. The second-order valence-corrected chi connectivity index (χ2v) is 8.41. The molecule has 0 aliphatic carbocycles. The molecule has 0 aliphatic rings. The van der Waals surface area contributed by atoms with Gasteiger partial charge in [0.25, 0.3) is 5.56 Å². The number of carbonyl (C=O) groups excluding carboxylic acids is 1. The number of rotatable bonds is 6. The minimum Gasteiger partial charge on any atom is -0.497 e. The predicted octanol–water partition coefficient (Wildman–Crippen LogP) is 4.75. The topological polar surface area (TPSA) is 89.0 Å². The Hall–Kier alpha value is -4.11. The number of amides is 1. The third kappa shape index (κ3) is 4.13. The van der Waals surface area contributed by atoms with Gasteiger partial charge in [-0.25, -0.2) is 9.37 Å². The first-order valence-electron chi connectivity index (χ1n) is 10.4. The molecule has 0 unspecified atom stereocenters. The minimum absolute atomic E-state index is 0.00777. The van der Waals surface area contributed by atoms with E-state index in [1.807, 2.05) is 24.3 Å². The Morgan fingerprint density at radius 1 is 1.09 bits per heavy atom. The van der Waals surface area contributed by atoms with Crippen LogP contribution >= 0.6 is 11.8 Å². The summed E-state index contributed by atoms with van der Waals surface area (Å²) < 4.78 is 19.8. The van der Waals surface area contributed by atoms with Gasteiger partial charge < -0.3 is 15.0 Å². The van der Waals surface area contributed by atoms with Crippen LogP contribution in [0, 0.1) is 5.82 Å². The highest BCUT2D eigenvalue weighted by molar-refractivity contribution is 7.99. The first kappa shape index (κ1) is 21.7. The number of para-hydroxylation sites is 1. The fourth-order valence-corrected chi connectivity index (χ4v) is 4.46. The molecule has 34 heavy (non-hydrogen) atoms. The van der Waals surface area contributed by atoms with Crippen molar-refractivity contribution >= 4 is 45.3 Å². The summed E-state index contributed by atoms with van der Waals surface area (Å²) in [5.41, 5.74) is 2.55. The van der Waals surface area contributed by atoms with Crippen molar-refractivity contribution in [3.8, 4) is 11.4 Å². The number of hydrogen-bond acceptors (Lipinski definition) is 5. The van der Waals surface area contributed by atoms with Crippen molar-refractivity contribution < 1.29 is 13.9 Å². The Labute approximate surface area is 197 Å². The smallest absolute Gasteiger partial charge is 0.283 e. The molecule has 0 radical (unpaired) electrons. The van der Waals surface area contributed by atoms with E-state index in [1.165, 1.54) is 28.8 Å². The summed E-state index contributed by atoms with van der Waals surface area (Å²) in [7, 11) is 1.57. The second-order valence-electron chi connectivity index (χ2n) is 7.47. The number of aromatic nitrogens is 3. The molecule has 5 aromatic rings. The van der Waals surface area contributed by atoms with Crippen LogP contribution in [0.2, 0.25) is 0 Å². The zero-order valence-electron chi connectivity index (χ0n) is 18.0. The number of nitrogens with zero attached hydrogens (tertiary/aromatic N) is 2. The fourth-order valence-electron chi connectivity index (χ4n) is 3.66. The van der Waals surface area contributed by atoms with Crippen LogP contribution in [0.3, 0.4) is 0 Å². The quantitative estimate of drug-likeness (QED) is 0.274. The van der Waals surface area contributed by atoms with Crippen LogP contribution in [0.25, 0.3) is 27.6 Å². The maximum Gasteiger partial charge on any atom is 0.283 e. The average Bonchev–Trinajstić information content (AvgIpc) is 3.23. The van der Waals surface area contributed by atoms with Crippen LogP contribution in [0.4, 0.5) is 10.1 Å². The molecule has 1 amide bonds. The number of ether oxygens (including phenoxy) is 1. The SMILES string of the molecule is COc1ccc(-n2c(SCC(=O)Nc3ccc(F)cc3)nc3c([nH]c4ccccc43)c2=O)cc1. The molecule has 2 N–H and O–H groups in total. The van der Waals surface area contributed by atoms with Gasteiger partial charge in [-0.2, -0.15) is 0 Å². The lowest BCUT2D eigenvalue weighted by atomic mass is 10.2. The van der Waals surface area contributed by atoms with Crippen LogP contribution in [0.5, 0.6) is 5.75 Å². The van der Waals surface area contributed by atoms with Crippen molar-refractivity contribution in [2.24, 2.45) is 0 Å². The van der Waals surface area contributed by atoms with Crippen LogP contribution in [-0.2, 0) is 4.79 Å². The van der Waals surface area contributed by atoms with E-state index in [0.29, 0.717) is 33.3 Å². The molecule has 0 fully saturated rings. The van der Waals surface area contributed by atoms with Crippen molar-refractivity contribution in [1.29, 1.82) is 0 Å². The first-order chi connectivity index (χ1) is 16.5. The highest BCUT2D eigenvalue weighted by atomic mass is 32.2. The van der Waals surface area contributed by atoms with E-state index in [1.54, 1.807) is 31.4 Å². The van der Waals surface area contributed by atoms with Crippen molar-refractivity contribution in [1.82, 2.24) is 14.5 Å². The number of carbonyl (C=O) groups is 1. The first-order valence-corrected chi connectivity index (χ1v) is 11.4. The van der Waals surface area contributed by atoms with Gasteiger partial charge in [-0.3, -0.25) is 14.2 Å². The molecular weight excluding hydrogens is 455 g/mol. The largest absolute Gasteiger partial charge is 0.497 e. The Bertz CT molecular complexity index is 1560. The summed E-state index contributed by atoms with van der Waals surface area (Å²) in [4.78, 5) is 34.0. The molecule has 7 nitrogen and oxygen atoms in total. The molecule has 0 saturated heterocycles. The number of fused-ring (bicyclic) bond motifs is 3. The van der Waals surface area contributed by atoms with Gasteiger partial charge in [0.15, 0.2) is 5.16 Å². The van der Waals surface area contributed by atoms with Crippen LogP contribution in [0.15, 0.2) is 82.7 Å². The summed E-state index contributed by atoms with van der Waals surface area (Å²) in [6, 6.07) is 20.1. The third-order valence-electron chi connectivity index (χ3n) is 5.29. The average molecular weight is 475 g/mol. The Morgan fingerprint density at radius 2 is 1.82 bits per heavy atom. The van der Waals surface area contributed by atoms with Gasteiger partial charge in [0.2, 0.25) is 5.91 Å². The van der Waals surface area contributed by atoms with Gasteiger partial charge in [0.05, 0.1) is 18.6 Å². The molecule has 2 heterocycles. The molecule has 3 aromatic carbocycles. The number of anilines is 1. The highest BCUT2D eigenvalue weighted by Crippen LogP contribution is 2.27. The van der Waals surface area contributed by atoms with Crippen LogP contribution in [-0.4, -0.2) is 33.3 Å². The Morgan fingerprint density at radius 3 is 2.56 bits per heavy atom. The number of H-pyrrole nitrogens is 1. The van der Waals surface area contributed by atoms with Gasteiger partial charge in [-0.05, 0) is 54.6 Å². The summed E-state index contributed by atoms with van der Waals surface area (Å²) in [6.07, 6.45) is 0. The summed E-state index contributed by atoms with van der Waals surface area (Å²) in [6.45, 7) is 0. The molecule has 2 aromatic heterocycles. The van der Waals surface area contributed by atoms with Gasteiger partial charge >= 0.3 is 0 Å². The Balaban J connectivity index is 1.55. The number of benzene rings is 3. The number of methoxy groups -OCH3 is 1. The van der Waals surface area contributed by atoms with E-state index in [-0.39, 0.29) is 23.0 Å². The van der Waals surface area contributed by atoms with Crippen LogP contribution in [0.1, 0.15) is 0 Å². The molecule has 0 saturated carbocycles. The lowest BCUT2D eigenvalue weighted by molar-refractivity contribution is -0.113. The maximum atomic E-state index is 13.6. The summed E-state index contributed by atoms with van der Waals surface area (Å²) in [5.74, 6) is -0.0176. The molecule has 0 atom stereocenters. The standard InChI is InChI=1S/C25H19FN4O3S/c1-33-18-12-10-17(11-13-18)30-24(32)23-22(19-4-2-3-5-20(19)28-23)29-25(30)34-14-21(31)27-16-8-6-15(26)7-9-16/h2-13,28H,14H2,1H3,(H,27,31). The van der Waals surface area contributed by atoms with Crippen molar-refractivity contribution in [3.63, 3.8) is 0 Å². The van der Waals surface area contributed by atoms with Gasteiger partial charge in [-0.1, -0.05) is 30.0 Å². The minimum atomic E-state index is -0.382. The zero-order chi connectivity index (χ0) is 23.7. The normalized spacial score (nSPS) is 11.1. The molecule has 170 valence electrons. The van der Waals surface area contributed by atoms with Gasteiger partial charge in [-0.15, -0.1) is 0 Å². The molecular formula is C25H19FN4O3S. The number of hydrogen-bond donors (Lipinski definition) is 2. The van der Waals surface area contributed by atoms with Crippen molar-refractivity contribution in [2.45, 2.75) is 5.16 Å². The van der Waals surface area contributed by atoms with Crippen molar-refractivity contribution in [2.75, 3.05) is 18.2 Å². The second kappa shape index (κ2) is 9.03. The van der Waals surface area contributed by atoms with E-state index in [0.717, 1.165) is 22.7 Å². The third-order valence-corrected chi connectivity index (χ3v) is 6.22. The summed E-state index contributed by atoms with van der Waals surface area (Å²) >= 11 is 1.14. The van der Waals surface area contributed by atoms with E-state index < -0.39 is 0 Å².